The molecule has 0 saturated carbocycles. The van der Waals surface area contributed by atoms with Crippen molar-refractivity contribution in [3.63, 3.8) is 0 Å². The van der Waals surface area contributed by atoms with Crippen LogP contribution in [0.25, 0.3) is 0 Å². The molecule has 0 aliphatic heterocycles. The first kappa shape index (κ1) is 12.3. The Bertz CT molecular complexity index is 255. The van der Waals surface area contributed by atoms with Crippen LogP contribution in [0.2, 0.25) is 0 Å². The van der Waals surface area contributed by atoms with E-state index >= 15 is 0 Å². The summed E-state index contributed by atoms with van der Waals surface area (Å²) in [6.07, 6.45) is 5.80. The first-order chi connectivity index (χ1) is 7.02. The summed E-state index contributed by atoms with van der Waals surface area (Å²) in [6, 6.07) is 0. The second-order valence-corrected chi connectivity index (χ2v) is 4.70. The summed E-state index contributed by atoms with van der Waals surface area (Å²) in [6.45, 7) is 7.94. The van der Waals surface area contributed by atoms with Gasteiger partial charge in [0.25, 0.3) is 0 Å². The normalized spacial score (nSPS) is 28.1. The zero-order valence-corrected chi connectivity index (χ0v) is 10.2. The third-order valence-corrected chi connectivity index (χ3v) is 3.14. The van der Waals surface area contributed by atoms with Gasteiger partial charge in [-0.3, -0.25) is 4.79 Å². The standard InChI is InChI=1S/C13H22O2/c1-5-12-6-9(2)7-13(8-12)10(3)15-11(4)14/h8-10,13H,5-7H2,1-4H3. The molecule has 2 heteroatoms. The second-order valence-electron chi connectivity index (χ2n) is 4.70. The van der Waals surface area contributed by atoms with E-state index < -0.39 is 0 Å². The molecule has 86 valence electrons. The van der Waals surface area contributed by atoms with Crippen molar-refractivity contribution in [2.75, 3.05) is 0 Å². The third-order valence-electron chi connectivity index (χ3n) is 3.14. The molecular weight excluding hydrogens is 188 g/mol. The molecule has 0 aromatic carbocycles. The number of hydrogen-bond donors (Lipinski definition) is 0. The zero-order chi connectivity index (χ0) is 11.4. The number of hydrogen-bond acceptors (Lipinski definition) is 2. The van der Waals surface area contributed by atoms with Gasteiger partial charge in [0.15, 0.2) is 0 Å². The fourth-order valence-electron chi connectivity index (χ4n) is 2.37. The number of ether oxygens (including phenoxy) is 1. The molecule has 1 aliphatic rings. The lowest BCUT2D eigenvalue weighted by Crippen LogP contribution is -2.26. The Balaban J connectivity index is 2.64. The van der Waals surface area contributed by atoms with Crippen molar-refractivity contribution >= 4 is 5.97 Å². The Morgan fingerprint density at radius 3 is 2.87 bits per heavy atom. The van der Waals surface area contributed by atoms with Crippen LogP contribution in [0, 0.1) is 11.8 Å². The highest BCUT2D eigenvalue weighted by Gasteiger charge is 2.24. The van der Waals surface area contributed by atoms with E-state index in [1.165, 1.54) is 18.9 Å². The molecule has 0 fully saturated rings. The molecule has 3 atom stereocenters. The highest BCUT2D eigenvalue weighted by Crippen LogP contribution is 2.32. The summed E-state index contributed by atoms with van der Waals surface area (Å²) in [5.41, 5.74) is 1.51. The van der Waals surface area contributed by atoms with Gasteiger partial charge >= 0.3 is 5.97 Å². The lowest BCUT2D eigenvalue weighted by Gasteiger charge is -2.29. The SMILES string of the molecule is CCC1=CC(C(C)OC(C)=O)CC(C)C1. The van der Waals surface area contributed by atoms with Gasteiger partial charge in [-0.05, 0) is 32.1 Å². The summed E-state index contributed by atoms with van der Waals surface area (Å²) in [5.74, 6) is 0.952. The lowest BCUT2D eigenvalue weighted by molar-refractivity contribution is -0.147. The first-order valence-electron chi connectivity index (χ1n) is 5.89. The van der Waals surface area contributed by atoms with E-state index in [4.69, 9.17) is 4.74 Å². The van der Waals surface area contributed by atoms with Crippen LogP contribution in [-0.4, -0.2) is 12.1 Å². The van der Waals surface area contributed by atoms with Gasteiger partial charge in [0.05, 0.1) is 0 Å². The Morgan fingerprint density at radius 1 is 1.67 bits per heavy atom. The summed E-state index contributed by atoms with van der Waals surface area (Å²) in [4.78, 5) is 10.9. The average Bonchev–Trinajstić information content (AvgIpc) is 2.15. The maximum absolute atomic E-state index is 10.9. The van der Waals surface area contributed by atoms with Crippen molar-refractivity contribution in [1.82, 2.24) is 0 Å². The van der Waals surface area contributed by atoms with Crippen LogP contribution in [0.15, 0.2) is 11.6 Å². The highest BCUT2D eigenvalue weighted by molar-refractivity contribution is 5.66. The van der Waals surface area contributed by atoms with Gasteiger partial charge < -0.3 is 4.74 Å². The molecular formula is C13H22O2. The molecule has 15 heavy (non-hydrogen) atoms. The van der Waals surface area contributed by atoms with Crippen molar-refractivity contribution in [3.05, 3.63) is 11.6 Å². The molecule has 2 nitrogen and oxygen atoms in total. The Morgan fingerprint density at radius 2 is 2.33 bits per heavy atom. The minimum absolute atomic E-state index is 0.0202. The van der Waals surface area contributed by atoms with Crippen molar-refractivity contribution in [3.8, 4) is 0 Å². The maximum Gasteiger partial charge on any atom is 0.302 e. The topological polar surface area (TPSA) is 26.3 Å². The van der Waals surface area contributed by atoms with Crippen LogP contribution < -0.4 is 0 Å². The Labute approximate surface area is 92.7 Å². The molecule has 0 radical (unpaired) electrons. The van der Waals surface area contributed by atoms with Crippen LogP contribution in [0.5, 0.6) is 0 Å². The summed E-state index contributed by atoms with van der Waals surface area (Å²) >= 11 is 0. The van der Waals surface area contributed by atoms with E-state index in [-0.39, 0.29) is 12.1 Å². The fourth-order valence-corrected chi connectivity index (χ4v) is 2.37. The second kappa shape index (κ2) is 5.34. The van der Waals surface area contributed by atoms with E-state index in [1.807, 2.05) is 6.92 Å². The largest absolute Gasteiger partial charge is 0.462 e. The molecule has 1 aliphatic carbocycles. The van der Waals surface area contributed by atoms with Crippen molar-refractivity contribution < 1.29 is 9.53 Å². The lowest BCUT2D eigenvalue weighted by atomic mass is 9.80. The minimum atomic E-state index is -0.174. The van der Waals surface area contributed by atoms with Gasteiger partial charge in [-0.25, -0.2) is 0 Å². The maximum atomic E-state index is 10.9. The van der Waals surface area contributed by atoms with E-state index in [0.29, 0.717) is 11.8 Å². The van der Waals surface area contributed by atoms with Crippen LogP contribution >= 0.6 is 0 Å². The Hall–Kier alpha value is -0.790. The molecule has 0 N–H and O–H groups in total. The molecule has 0 saturated heterocycles. The summed E-state index contributed by atoms with van der Waals surface area (Å²) in [5, 5.41) is 0. The van der Waals surface area contributed by atoms with Gasteiger partial charge in [0.2, 0.25) is 0 Å². The van der Waals surface area contributed by atoms with Gasteiger partial charge in [0, 0.05) is 12.8 Å². The molecule has 0 bridgehead atoms. The molecule has 0 aromatic heterocycles. The van der Waals surface area contributed by atoms with E-state index in [2.05, 4.69) is 19.9 Å². The van der Waals surface area contributed by atoms with Crippen LogP contribution in [0.1, 0.15) is 47.0 Å². The van der Waals surface area contributed by atoms with E-state index in [9.17, 15) is 4.79 Å². The summed E-state index contributed by atoms with van der Waals surface area (Å²) < 4.78 is 5.25. The van der Waals surface area contributed by atoms with Crippen molar-refractivity contribution in [2.45, 2.75) is 53.1 Å². The van der Waals surface area contributed by atoms with Crippen molar-refractivity contribution in [1.29, 1.82) is 0 Å². The first-order valence-corrected chi connectivity index (χ1v) is 5.89. The van der Waals surface area contributed by atoms with Crippen LogP contribution in [0.3, 0.4) is 0 Å². The predicted molar refractivity (Wildman–Crippen MR) is 61.5 cm³/mol. The van der Waals surface area contributed by atoms with E-state index in [0.717, 1.165) is 12.8 Å². The molecule has 0 spiro atoms. The fraction of sp³-hybridized carbons (Fsp3) is 0.769. The zero-order valence-electron chi connectivity index (χ0n) is 10.2. The van der Waals surface area contributed by atoms with Gasteiger partial charge in [-0.2, -0.15) is 0 Å². The average molecular weight is 210 g/mol. The molecule has 0 aromatic rings. The third kappa shape index (κ3) is 3.69. The number of rotatable bonds is 3. The summed E-state index contributed by atoms with van der Waals surface area (Å²) in [7, 11) is 0. The Kier molecular flexibility index (Phi) is 4.37. The number of carbonyl (C=O) groups excluding carboxylic acids is 1. The molecule has 3 unspecified atom stereocenters. The number of allylic oxidation sites excluding steroid dienone is 1. The van der Waals surface area contributed by atoms with Gasteiger partial charge in [-0.15, -0.1) is 0 Å². The molecule has 0 amide bonds. The number of esters is 1. The van der Waals surface area contributed by atoms with E-state index in [1.54, 1.807) is 0 Å². The van der Waals surface area contributed by atoms with Crippen molar-refractivity contribution in [2.24, 2.45) is 11.8 Å². The molecule has 0 heterocycles. The van der Waals surface area contributed by atoms with Crippen LogP contribution in [0.4, 0.5) is 0 Å². The predicted octanol–water partition coefficient (Wildman–Crippen LogP) is 3.32. The van der Waals surface area contributed by atoms with Gasteiger partial charge in [0.1, 0.15) is 6.10 Å². The number of carbonyl (C=O) groups is 1. The smallest absolute Gasteiger partial charge is 0.302 e. The molecule has 1 rings (SSSR count). The monoisotopic (exact) mass is 210 g/mol. The highest BCUT2D eigenvalue weighted by atomic mass is 16.5. The van der Waals surface area contributed by atoms with Gasteiger partial charge in [-0.1, -0.05) is 25.5 Å². The quantitative estimate of drug-likeness (QED) is 0.527. The minimum Gasteiger partial charge on any atom is -0.462 e. The van der Waals surface area contributed by atoms with Crippen LogP contribution in [-0.2, 0) is 9.53 Å².